The van der Waals surface area contributed by atoms with Crippen molar-refractivity contribution in [3.8, 4) is 5.88 Å². The van der Waals surface area contributed by atoms with Crippen LogP contribution in [-0.2, 0) is 6.42 Å². The predicted molar refractivity (Wildman–Crippen MR) is 68.7 cm³/mol. The topological polar surface area (TPSA) is 75.7 Å². The van der Waals surface area contributed by atoms with Gasteiger partial charge in [-0.25, -0.2) is 9.97 Å². The molecule has 0 spiro atoms. The van der Waals surface area contributed by atoms with Gasteiger partial charge in [0.1, 0.15) is 5.82 Å². The molecule has 0 saturated heterocycles. The molecule has 2 heterocycles. The Morgan fingerprint density at radius 3 is 3.00 bits per heavy atom. The first-order chi connectivity index (χ1) is 8.78. The van der Waals surface area contributed by atoms with E-state index in [0.717, 1.165) is 24.5 Å². The number of rotatable bonds is 6. The van der Waals surface area contributed by atoms with Gasteiger partial charge in [-0.2, -0.15) is 4.98 Å². The summed E-state index contributed by atoms with van der Waals surface area (Å²) in [7, 11) is 0. The van der Waals surface area contributed by atoms with Crippen molar-refractivity contribution in [2.45, 2.75) is 20.3 Å². The maximum absolute atomic E-state index is 5.37. The van der Waals surface area contributed by atoms with Crippen LogP contribution in [0.5, 0.6) is 5.88 Å². The van der Waals surface area contributed by atoms with Crippen molar-refractivity contribution in [3.63, 3.8) is 0 Å². The van der Waals surface area contributed by atoms with Gasteiger partial charge in [0.15, 0.2) is 0 Å². The van der Waals surface area contributed by atoms with Crippen LogP contribution in [0.15, 0.2) is 18.5 Å². The van der Waals surface area contributed by atoms with Crippen LogP contribution in [0.1, 0.15) is 18.4 Å². The lowest BCUT2D eigenvalue weighted by atomic mass is 10.4. The third-order valence-corrected chi connectivity index (χ3v) is 2.32. The largest absolute Gasteiger partial charge is 0.478 e. The van der Waals surface area contributed by atoms with Crippen molar-refractivity contribution in [3.05, 3.63) is 30.0 Å². The van der Waals surface area contributed by atoms with Gasteiger partial charge in [0.25, 0.3) is 0 Å². The Labute approximate surface area is 106 Å². The summed E-state index contributed by atoms with van der Waals surface area (Å²) < 4.78 is 5.37. The molecule has 2 rings (SSSR count). The molecule has 0 unspecified atom stereocenters. The van der Waals surface area contributed by atoms with Gasteiger partial charge >= 0.3 is 0 Å². The van der Waals surface area contributed by atoms with Gasteiger partial charge in [0, 0.05) is 37.1 Å². The number of aromatic nitrogens is 4. The van der Waals surface area contributed by atoms with E-state index in [1.807, 2.05) is 26.1 Å². The molecule has 0 aliphatic carbocycles. The van der Waals surface area contributed by atoms with Gasteiger partial charge in [0.05, 0.1) is 6.61 Å². The molecule has 0 bridgehead atoms. The zero-order chi connectivity index (χ0) is 12.8. The minimum atomic E-state index is 0.588. The molecule has 0 atom stereocenters. The van der Waals surface area contributed by atoms with E-state index in [-0.39, 0.29) is 0 Å². The number of imidazole rings is 1. The highest BCUT2D eigenvalue weighted by molar-refractivity contribution is 5.30. The van der Waals surface area contributed by atoms with E-state index in [2.05, 4.69) is 25.3 Å². The molecule has 96 valence electrons. The van der Waals surface area contributed by atoms with E-state index in [4.69, 9.17) is 4.74 Å². The molecule has 0 aromatic carbocycles. The smallest absolute Gasteiger partial charge is 0.226 e. The third kappa shape index (κ3) is 3.44. The lowest BCUT2D eigenvalue weighted by Gasteiger charge is -2.07. The number of hydrogen-bond donors (Lipinski definition) is 2. The van der Waals surface area contributed by atoms with E-state index in [1.54, 1.807) is 6.20 Å². The normalized spacial score (nSPS) is 10.3. The zero-order valence-corrected chi connectivity index (χ0v) is 10.6. The van der Waals surface area contributed by atoms with E-state index < -0.39 is 0 Å². The second kappa shape index (κ2) is 6.00. The lowest BCUT2D eigenvalue weighted by Crippen LogP contribution is -2.10. The van der Waals surface area contributed by atoms with E-state index in [0.29, 0.717) is 18.4 Å². The number of nitrogens with one attached hydrogen (secondary N) is 2. The summed E-state index contributed by atoms with van der Waals surface area (Å²) in [6.07, 6.45) is 4.35. The molecular weight excluding hydrogens is 230 g/mol. The highest BCUT2D eigenvalue weighted by Gasteiger charge is 2.02. The van der Waals surface area contributed by atoms with Crippen molar-refractivity contribution in [1.82, 2.24) is 19.9 Å². The van der Waals surface area contributed by atoms with Crippen LogP contribution in [-0.4, -0.2) is 33.1 Å². The van der Waals surface area contributed by atoms with Gasteiger partial charge in [-0.05, 0) is 13.8 Å². The molecule has 0 radical (unpaired) electrons. The molecule has 0 aliphatic rings. The van der Waals surface area contributed by atoms with Crippen LogP contribution < -0.4 is 10.1 Å². The molecule has 0 aliphatic heterocycles. The molecule has 2 N–H and O–H groups in total. The summed E-state index contributed by atoms with van der Waals surface area (Å²) in [6, 6.07) is 1.82. The summed E-state index contributed by atoms with van der Waals surface area (Å²) >= 11 is 0. The number of anilines is 1. The van der Waals surface area contributed by atoms with Gasteiger partial charge in [-0.3, -0.25) is 0 Å². The summed E-state index contributed by atoms with van der Waals surface area (Å²) in [5.41, 5.74) is 0.883. The fourth-order valence-electron chi connectivity index (χ4n) is 1.57. The second-order valence-corrected chi connectivity index (χ2v) is 3.82. The second-order valence-electron chi connectivity index (χ2n) is 3.82. The molecule has 18 heavy (non-hydrogen) atoms. The maximum atomic E-state index is 5.37. The number of ether oxygens (including phenoxy) is 1. The Morgan fingerprint density at radius 1 is 1.39 bits per heavy atom. The highest BCUT2D eigenvalue weighted by Crippen LogP contribution is 2.11. The maximum Gasteiger partial charge on any atom is 0.226 e. The summed E-state index contributed by atoms with van der Waals surface area (Å²) in [4.78, 5) is 15.8. The Hall–Kier alpha value is -2.11. The molecule has 0 amide bonds. The fraction of sp³-hybridized carbons (Fsp3) is 0.417. The first-order valence-electron chi connectivity index (χ1n) is 5.98. The van der Waals surface area contributed by atoms with Crippen LogP contribution in [0.25, 0.3) is 0 Å². The van der Waals surface area contributed by atoms with Gasteiger partial charge in [-0.15, -0.1) is 0 Å². The van der Waals surface area contributed by atoms with Crippen LogP contribution in [0, 0.1) is 6.92 Å². The first kappa shape index (κ1) is 12.3. The Bertz CT molecular complexity index is 483. The minimum Gasteiger partial charge on any atom is -0.478 e. The average molecular weight is 247 g/mol. The Kier molecular flexibility index (Phi) is 4.11. The predicted octanol–water partition coefficient (Wildman–Crippen LogP) is 1.56. The standard InChI is InChI=1S/C12H17N5O/c1-3-18-11-8-9(2)16-12(17-11)15-5-4-10-13-6-7-14-10/h6-8H,3-5H2,1-2H3,(H,13,14)(H,15,16,17). The molecule has 0 saturated carbocycles. The minimum absolute atomic E-state index is 0.588. The van der Waals surface area contributed by atoms with Gasteiger partial charge in [0.2, 0.25) is 11.8 Å². The van der Waals surface area contributed by atoms with Crippen molar-refractivity contribution in [2.24, 2.45) is 0 Å². The Morgan fingerprint density at radius 2 is 2.28 bits per heavy atom. The number of hydrogen-bond acceptors (Lipinski definition) is 5. The van der Waals surface area contributed by atoms with Crippen LogP contribution >= 0.6 is 0 Å². The SMILES string of the molecule is CCOc1cc(C)nc(NCCc2ncc[nH]2)n1. The highest BCUT2D eigenvalue weighted by atomic mass is 16.5. The summed E-state index contributed by atoms with van der Waals surface area (Å²) in [6.45, 7) is 5.17. The molecule has 0 fully saturated rings. The average Bonchev–Trinajstić information content (AvgIpc) is 2.82. The number of H-pyrrole nitrogens is 1. The monoisotopic (exact) mass is 247 g/mol. The molecule has 6 nitrogen and oxygen atoms in total. The van der Waals surface area contributed by atoms with E-state index in [9.17, 15) is 0 Å². The summed E-state index contributed by atoms with van der Waals surface area (Å²) in [5.74, 6) is 2.13. The molecule has 2 aromatic heterocycles. The van der Waals surface area contributed by atoms with Crippen molar-refractivity contribution >= 4 is 5.95 Å². The van der Waals surface area contributed by atoms with Crippen LogP contribution in [0.4, 0.5) is 5.95 Å². The lowest BCUT2D eigenvalue weighted by molar-refractivity contribution is 0.326. The molecular formula is C12H17N5O. The van der Waals surface area contributed by atoms with E-state index in [1.165, 1.54) is 0 Å². The third-order valence-electron chi connectivity index (χ3n) is 2.32. The number of nitrogens with zero attached hydrogens (tertiary/aromatic N) is 3. The van der Waals surface area contributed by atoms with E-state index >= 15 is 0 Å². The van der Waals surface area contributed by atoms with Crippen LogP contribution in [0.3, 0.4) is 0 Å². The van der Waals surface area contributed by atoms with Gasteiger partial charge < -0.3 is 15.0 Å². The Balaban J connectivity index is 1.92. The molecule has 6 heteroatoms. The van der Waals surface area contributed by atoms with Crippen LogP contribution in [0.2, 0.25) is 0 Å². The summed E-state index contributed by atoms with van der Waals surface area (Å²) in [5, 5.41) is 3.16. The van der Waals surface area contributed by atoms with Crippen molar-refractivity contribution < 1.29 is 4.74 Å². The number of aryl methyl sites for hydroxylation is 1. The van der Waals surface area contributed by atoms with Crippen molar-refractivity contribution in [2.75, 3.05) is 18.5 Å². The number of aromatic amines is 1. The van der Waals surface area contributed by atoms with Crippen molar-refractivity contribution in [1.29, 1.82) is 0 Å². The van der Waals surface area contributed by atoms with Gasteiger partial charge in [-0.1, -0.05) is 0 Å². The first-order valence-corrected chi connectivity index (χ1v) is 5.98. The fourth-order valence-corrected chi connectivity index (χ4v) is 1.57. The molecule has 2 aromatic rings. The quantitative estimate of drug-likeness (QED) is 0.810. The zero-order valence-electron chi connectivity index (χ0n) is 10.6.